The zero-order valence-corrected chi connectivity index (χ0v) is 9.77. The van der Waals surface area contributed by atoms with Crippen molar-refractivity contribution in [3.05, 3.63) is 17.5 Å². The van der Waals surface area contributed by atoms with Crippen LogP contribution in [0.15, 0.2) is 6.07 Å². The van der Waals surface area contributed by atoms with Crippen LogP contribution in [0.2, 0.25) is 0 Å². The minimum Gasteiger partial charge on any atom is -0.270 e. The number of nitrogens with zero attached hydrogens (tertiary/aromatic N) is 2. The minimum atomic E-state index is -3.50. The van der Waals surface area contributed by atoms with Crippen LogP contribution in [-0.4, -0.2) is 18.2 Å². The van der Waals surface area contributed by atoms with Crippen molar-refractivity contribution in [3.8, 4) is 0 Å². The maximum Gasteiger partial charge on any atom is 0.238 e. The molecule has 0 aliphatic heterocycles. The van der Waals surface area contributed by atoms with Crippen molar-refractivity contribution in [2.45, 2.75) is 32.6 Å². The van der Waals surface area contributed by atoms with Crippen molar-refractivity contribution in [2.75, 3.05) is 0 Å². The summed E-state index contributed by atoms with van der Waals surface area (Å²) in [4.78, 5) is 0. The predicted octanol–water partition coefficient (Wildman–Crippen LogP) is 1.53. The van der Waals surface area contributed by atoms with E-state index in [1.807, 2.05) is 13.8 Å². The second kappa shape index (κ2) is 4.31. The number of aromatic nitrogens is 2. The third-order valence-electron chi connectivity index (χ3n) is 1.90. The molecule has 0 bridgehead atoms. The van der Waals surface area contributed by atoms with Crippen LogP contribution >= 0.6 is 10.7 Å². The number of hydrogen-bond donors (Lipinski definition) is 0. The first-order valence-corrected chi connectivity index (χ1v) is 6.92. The standard InChI is InChI=1S/C8H13ClN2O2S/c1-3-8-5-7(6-14(9,12)13)10-11(8)4-2/h5H,3-4,6H2,1-2H3. The lowest BCUT2D eigenvalue weighted by atomic mass is 10.3. The van der Waals surface area contributed by atoms with Crippen LogP contribution in [0.3, 0.4) is 0 Å². The summed E-state index contributed by atoms with van der Waals surface area (Å²) in [6.07, 6.45) is 0.836. The van der Waals surface area contributed by atoms with Gasteiger partial charge in [0.05, 0.1) is 5.69 Å². The van der Waals surface area contributed by atoms with E-state index in [1.165, 1.54) is 0 Å². The Bertz CT molecular complexity index is 389. The molecule has 0 saturated carbocycles. The molecule has 0 fully saturated rings. The summed E-state index contributed by atoms with van der Waals surface area (Å²) in [5.74, 6) is -0.200. The molecule has 0 radical (unpaired) electrons. The molecule has 1 rings (SSSR count). The van der Waals surface area contributed by atoms with Gasteiger partial charge in [0.25, 0.3) is 0 Å². The Morgan fingerprint density at radius 3 is 2.50 bits per heavy atom. The monoisotopic (exact) mass is 236 g/mol. The third kappa shape index (κ3) is 2.99. The summed E-state index contributed by atoms with van der Waals surface area (Å²) >= 11 is 0. The molecule has 80 valence electrons. The fourth-order valence-electron chi connectivity index (χ4n) is 1.32. The lowest BCUT2D eigenvalue weighted by Gasteiger charge is -1.99. The number of hydrogen-bond acceptors (Lipinski definition) is 3. The summed E-state index contributed by atoms with van der Waals surface area (Å²) in [5.41, 5.74) is 1.54. The van der Waals surface area contributed by atoms with Gasteiger partial charge in [-0.25, -0.2) is 8.42 Å². The van der Waals surface area contributed by atoms with Gasteiger partial charge in [0.2, 0.25) is 9.05 Å². The Balaban J connectivity index is 2.96. The van der Waals surface area contributed by atoms with Gasteiger partial charge in [0, 0.05) is 22.9 Å². The molecular weight excluding hydrogens is 224 g/mol. The zero-order valence-electron chi connectivity index (χ0n) is 8.20. The number of rotatable bonds is 4. The van der Waals surface area contributed by atoms with Crippen molar-refractivity contribution >= 4 is 19.7 Å². The summed E-state index contributed by atoms with van der Waals surface area (Å²) in [7, 11) is 1.64. The Morgan fingerprint density at radius 2 is 2.14 bits per heavy atom. The highest BCUT2D eigenvalue weighted by Crippen LogP contribution is 2.11. The largest absolute Gasteiger partial charge is 0.270 e. The maximum atomic E-state index is 10.8. The van der Waals surface area contributed by atoms with Crippen molar-refractivity contribution in [3.63, 3.8) is 0 Å². The van der Waals surface area contributed by atoms with E-state index in [9.17, 15) is 8.42 Å². The van der Waals surface area contributed by atoms with Crippen molar-refractivity contribution in [1.29, 1.82) is 0 Å². The maximum absolute atomic E-state index is 10.8. The average Bonchev–Trinajstić information content (AvgIpc) is 2.43. The highest BCUT2D eigenvalue weighted by Gasteiger charge is 2.12. The van der Waals surface area contributed by atoms with E-state index < -0.39 is 9.05 Å². The lowest BCUT2D eigenvalue weighted by Crippen LogP contribution is -2.02. The Hall–Kier alpha value is -0.550. The molecular formula is C8H13ClN2O2S. The molecule has 0 amide bonds. The molecule has 0 aromatic carbocycles. The van der Waals surface area contributed by atoms with Crippen LogP contribution in [0.1, 0.15) is 25.2 Å². The van der Waals surface area contributed by atoms with Gasteiger partial charge in [-0.2, -0.15) is 5.10 Å². The molecule has 0 saturated heterocycles. The fourth-order valence-corrected chi connectivity index (χ4v) is 2.15. The van der Waals surface area contributed by atoms with Crippen LogP contribution in [0.25, 0.3) is 0 Å². The van der Waals surface area contributed by atoms with E-state index in [0.29, 0.717) is 5.69 Å². The van der Waals surface area contributed by atoms with Crippen LogP contribution in [-0.2, 0) is 27.8 Å². The molecule has 1 aromatic heterocycles. The van der Waals surface area contributed by atoms with Gasteiger partial charge < -0.3 is 0 Å². The fraction of sp³-hybridized carbons (Fsp3) is 0.625. The second-order valence-corrected chi connectivity index (χ2v) is 5.76. The molecule has 1 aromatic rings. The van der Waals surface area contributed by atoms with Gasteiger partial charge in [-0.05, 0) is 19.4 Å². The Labute approximate surface area is 88.3 Å². The van der Waals surface area contributed by atoms with Gasteiger partial charge >= 0.3 is 0 Å². The number of halogens is 1. The highest BCUT2D eigenvalue weighted by molar-refractivity contribution is 8.13. The summed E-state index contributed by atoms with van der Waals surface area (Å²) in [6.45, 7) is 4.71. The zero-order chi connectivity index (χ0) is 10.8. The Kier molecular flexibility index (Phi) is 3.55. The Morgan fingerprint density at radius 1 is 1.50 bits per heavy atom. The van der Waals surface area contributed by atoms with Crippen LogP contribution in [0.5, 0.6) is 0 Å². The smallest absolute Gasteiger partial charge is 0.238 e. The molecule has 0 unspecified atom stereocenters. The molecule has 6 heteroatoms. The average molecular weight is 237 g/mol. The van der Waals surface area contributed by atoms with Crippen molar-refractivity contribution in [1.82, 2.24) is 9.78 Å². The van der Waals surface area contributed by atoms with E-state index in [2.05, 4.69) is 5.10 Å². The molecule has 0 spiro atoms. The second-order valence-electron chi connectivity index (χ2n) is 2.98. The van der Waals surface area contributed by atoms with Gasteiger partial charge in [-0.1, -0.05) is 6.92 Å². The van der Waals surface area contributed by atoms with E-state index in [1.54, 1.807) is 10.7 Å². The topological polar surface area (TPSA) is 52.0 Å². The molecule has 0 aliphatic carbocycles. The molecule has 4 nitrogen and oxygen atoms in total. The van der Waals surface area contributed by atoms with Crippen LogP contribution < -0.4 is 0 Å². The first-order valence-electron chi connectivity index (χ1n) is 4.44. The normalized spacial score (nSPS) is 11.9. The van der Waals surface area contributed by atoms with E-state index in [-0.39, 0.29) is 5.75 Å². The first-order chi connectivity index (χ1) is 6.46. The third-order valence-corrected chi connectivity index (χ3v) is 2.86. The van der Waals surface area contributed by atoms with Gasteiger partial charge in [0.1, 0.15) is 5.75 Å². The highest BCUT2D eigenvalue weighted by atomic mass is 35.7. The molecule has 0 aliphatic rings. The molecule has 1 heterocycles. The van der Waals surface area contributed by atoms with E-state index in [0.717, 1.165) is 18.7 Å². The van der Waals surface area contributed by atoms with Crippen LogP contribution in [0, 0.1) is 0 Å². The SMILES string of the molecule is CCc1cc(CS(=O)(=O)Cl)nn1CC. The molecule has 0 atom stereocenters. The number of aryl methyl sites for hydroxylation is 2. The van der Waals surface area contributed by atoms with E-state index >= 15 is 0 Å². The lowest BCUT2D eigenvalue weighted by molar-refractivity contribution is 0.602. The van der Waals surface area contributed by atoms with Gasteiger partial charge in [-0.3, -0.25) is 4.68 Å². The summed E-state index contributed by atoms with van der Waals surface area (Å²) < 4.78 is 23.4. The first kappa shape index (κ1) is 11.5. The summed E-state index contributed by atoms with van der Waals surface area (Å²) in [5, 5.41) is 4.14. The molecule has 14 heavy (non-hydrogen) atoms. The van der Waals surface area contributed by atoms with Crippen LogP contribution in [0.4, 0.5) is 0 Å². The van der Waals surface area contributed by atoms with E-state index in [4.69, 9.17) is 10.7 Å². The van der Waals surface area contributed by atoms with Crippen molar-refractivity contribution < 1.29 is 8.42 Å². The molecule has 0 N–H and O–H groups in total. The minimum absolute atomic E-state index is 0.200. The summed E-state index contributed by atoms with van der Waals surface area (Å²) in [6, 6.07) is 1.78. The van der Waals surface area contributed by atoms with Gasteiger partial charge in [-0.15, -0.1) is 0 Å². The quantitative estimate of drug-likeness (QED) is 0.745. The van der Waals surface area contributed by atoms with Crippen molar-refractivity contribution in [2.24, 2.45) is 0 Å². The predicted molar refractivity (Wildman–Crippen MR) is 55.8 cm³/mol. The van der Waals surface area contributed by atoms with Gasteiger partial charge in [0.15, 0.2) is 0 Å².